The number of carbonyl (C=O) groups is 1. The topological polar surface area (TPSA) is 96.9 Å². The van der Waals surface area contributed by atoms with E-state index >= 15 is 0 Å². The highest BCUT2D eigenvalue weighted by Crippen LogP contribution is 2.20. The van der Waals surface area contributed by atoms with Crippen molar-refractivity contribution in [2.24, 2.45) is 0 Å². The predicted octanol–water partition coefficient (Wildman–Crippen LogP) is 0.432. The highest BCUT2D eigenvalue weighted by atomic mass is 32.1. The summed E-state index contributed by atoms with van der Waals surface area (Å²) in [7, 11) is 0. The molecule has 1 atom stereocenters. The maximum absolute atomic E-state index is 12.2. The van der Waals surface area contributed by atoms with Gasteiger partial charge in [0.2, 0.25) is 0 Å². The van der Waals surface area contributed by atoms with E-state index in [0.717, 1.165) is 12.2 Å². The molecule has 1 saturated heterocycles. The first kappa shape index (κ1) is 13.1. The molecule has 9 heteroatoms. The molecular weight excluding hydrogens is 280 g/mol. The summed E-state index contributed by atoms with van der Waals surface area (Å²) in [6.45, 7) is 3.43. The van der Waals surface area contributed by atoms with Crippen molar-refractivity contribution >= 4 is 17.4 Å². The zero-order valence-corrected chi connectivity index (χ0v) is 11.8. The Morgan fingerprint density at radius 1 is 1.65 bits per heavy atom. The first-order valence-electron chi connectivity index (χ1n) is 6.37. The van der Waals surface area contributed by atoms with Crippen LogP contribution in [0, 0.1) is 0 Å². The molecule has 3 rings (SSSR count). The molecule has 1 fully saturated rings. The lowest BCUT2D eigenvalue weighted by Crippen LogP contribution is -2.42. The fraction of sp³-hybridized carbons (Fsp3) is 0.545. The number of ether oxygens (including phenoxy) is 1. The highest BCUT2D eigenvalue weighted by molar-refractivity contribution is 7.03. The van der Waals surface area contributed by atoms with Gasteiger partial charge in [0, 0.05) is 18.3 Å². The molecule has 8 nitrogen and oxygen atoms in total. The summed E-state index contributed by atoms with van der Waals surface area (Å²) in [6, 6.07) is 0. The first-order valence-corrected chi connectivity index (χ1v) is 7.20. The molecule has 1 N–H and O–H groups in total. The second-order valence-electron chi connectivity index (χ2n) is 4.39. The van der Waals surface area contributed by atoms with Gasteiger partial charge in [-0.15, -0.1) is 5.10 Å². The minimum Gasteiger partial charge on any atom is -0.366 e. The lowest BCUT2D eigenvalue weighted by molar-refractivity contribution is -0.0268. The lowest BCUT2D eigenvalue weighted by Gasteiger charge is -2.31. The fourth-order valence-electron chi connectivity index (χ4n) is 2.02. The second kappa shape index (κ2) is 5.63. The van der Waals surface area contributed by atoms with Gasteiger partial charge >= 0.3 is 0 Å². The van der Waals surface area contributed by atoms with E-state index in [1.807, 2.05) is 6.92 Å². The molecule has 1 aliphatic rings. The van der Waals surface area contributed by atoms with Crippen LogP contribution in [0.15, 0.2) is 5.38 Å². The van der Waals surface area contributed by atoms with Crippen molar-refractivity contribution in [2.45, 2.75) is 19.4 Å². The van der Waals surface area contributed by atoms with Gasteiger partial charge in [-0.2, -0.15) is 5.10 Å². The zero-order chi connectivity index (χ0) is 13.9. The number of aromatic nitrogens is 5. The maximum atomic E-state index is 12.2. The molecule has 0 saturated carbocycles. The second-order valence-corrected chi connectivity index (χ2v) is 5.00. The van der Waals surface area contributed by atoms with Crippen LogP contribution in [-0.4, -0.2) is 55.3 Å². The van der Waals surface area contributed by atoms with E-state index in [4.69, 9.17) is 4.74 Å². The smallest absolute Gasteiger partial charge is 0.275 e. The number of hydrogen-bond donors (Lipinski definition) is 1. The van der Waals surface area contributed by atoms with Gasteiger partial charge in [-0.3, -0.25) is 9.89 Å². The molecule has 20 heavy (non-hydrogen) atoms. The molecule has 0 aromatic carbocycles. The summed E-state index contributed by atoms with van der Waals surface area (Å²) in [6.07, 6.45) is 0.489. The van der Waals surface area contributed by atoms with Crippen molar-refractivity contribution in [1.82, 2.24) is 29.7 Å². The van der Waals surface area contributed by atoms with Crippen LogP contribution < -0.4 is 0 Å². The monoisotopic (exact) mass is 294 g/mol. The minimum atomic E-state index is -0.296. The summed E-state index contributed by atoms with van der Waals surface area (Å²) in [5, 5.41) is 12.5. The van der Waals surface area contributed by atoms with E-state index in [0.29, 0.717) is 31.2 Å². The normalized spacial score (nSPS) is 19.2. The Kier molecular flexibility index (Phi) is 3.70. The predicted molar refractivity (Wildman–Crippen MR) is 70.3 cm³/mol. The van der Waals surface area contributed by atoms with Gasteiger partial charge < -0.3 is 9.64 Å². The molecule has 2 aromatic rings. The molecule has 3 heterocycles. The molecular formula is C11H14N6O2S. The summed E-state index contributed by atoms with van der Waals surface area (Å²) >= 11 is 1.17. The molecule has 106 valence electrons. The van der Waals surface area contributed by atoms with Crippen molar-refractivity contribution in [3.63, 3.8) is 0 Å². The van der Waals surface area contributed by atoms with Crippen molar-refractivity contribution in [2.75, 3.05) is 19.7 Å². The van der Waals surface area contributed by atoms with Gasteiger partial charge in [0.1, 0.15) is 11.9 Å². The summed E-state index contributed by atoms with van der Waals surface area (Å²) in [5.74, 6) is 1.28. The average molecular weight is 294 g/mol. The number of morpholine rings is 1. The number of H-pyrrole nitrogens is 1. The number of rotatable bonds is 3. The number of nitrogens with one attached hydrogen (secondary N) is 1. The molecule has 0 spiro atoms. The van der Waals surface area contributed by atoms with E-state index < -0.39 is 0 Å². The van der Waals surface area contributed by atoms with Crippen molar-refractivity contribution in [3.8, 4) is 0 Å². The highest BCUT2D eigenvalue weighted by Gasteiger charge is 2.29. The maximum Gasteiger partial charge on any atom is 0.275 e. The third-order valence-electron chi connectivity index (χ3n) is 3.10. The van der Waals surface area contributed by atoms with Crippen LogP contribution in [0.25, 0.3) is 0 Å². The van der Waals surface area contributed by atoms with Gasteiger partial charge in [-0.25, -0.2) is 4.98 Å². The summed E-state index contributed by atoms with van der Waals surface area (Å²) in [4.78, 5) is 18.3. The quantitative estimate of drug-likeness (QED) is 0.882. The van der Waals surface area contributed by atoms with E-state index in [2.05, 4.69) is 24.8 Å². The third kappa shape index (κ3) is 2.54. The van der Waals surface area contributed by atoms with E-state index in [9.17, 15) is 4.79 Å². The standard InChI is InChI=1S/C11H14N6O2S/c1-2-9-12-10(15-14-9)8-5-17(3-4-19-8)11(18)7-6-20-16-13-7/h6,8H,2-5H2,1H3,(H,12,14,15). The first-order chi connectivity index (χ1) is 9.78. The molecule has 0 bridgehead atoms. The lowest BCUT2D eigenvalue weighted by atomic mass is 10.2. The molecule has 0 radical (unpaired) electrons. The number of aryl methyl sites for hydroxylation is 1. The molecule has 1 amide bonds. The number of amides is 1. The van der Waals surface area contributed by atoms with Crippen molar-refractivity contribution < 1.29 is 9.53 Å². The van der Waals surface area contributed by atoms with E-state index in [1.54, 1.807) is 10.3 Å². The zero-order valence-electron chi connectivity index (χ0n) is 10.9. The Morgan fingerprint density at radius 2 is 2.55 bits per heavy atom. The number of hydrogen-bond acceptors (Lipinski definition) is 7. The Labute approximate surface area is 119 Å². The largest absolute Gasteiger partial charge is 0.366 e. The van der Waals surface area contributed by atoms with Gasteiger partial charge in [-0.1, -0.05) is 11.4 Å². The number of carbonyl (C=O) groups excluding carboxylic acids is 1. The molecule has 2 aromatic heterocycles. The van der Waals surface area contributed by atoms with Gasteiger partial charge in [-0.05, 0) is 11.5 Å². The molecule has 1 unspecified atom stereocenters. The SMILES string of the molecule is CCc1nc(C2CN(C(=O)c3csnn3)CCO2)n[nH]1. The van der Waals surface area contributed by atoms with Crippen LogP contribution in [-0.2, 0) is 11.2 Å². The van der Waals surface area contributed by atoms with Crippen LogP contribution in [0.5, 0.6) is 0 Å². The van der Waals surface area contributed by atoms with Crippen LogP contribution >= 0.6 is 11.5 Å². The van der Waals surface area contributed by atoms with Crippen LogP contribution in [0.3, 0.4) is 0 Å². The van der Waals surface area contributed by atoms with Crippen molar-refractivity contribution in [3.05, 3.63) is 22.7 Å². The Balaban J connectivity index is 1.71. The minimum absolute atomic E-state index is 0.127. The summed E-state index contributed by atoms with van der Waals surface area (Å²) in [5.41, 5.74) is 0.375. The third-order valence-corrected chi connectivity index (χ3v) is 3.61. The molecule has 1 aliphatic heterocycles. The Morgan fingerprint density at radius 3 is 3.25 bits per heavy atom. The summed E-state index contributed by atoms with van der Waals surface area (Å²) < 4.78 is 9.36. The van der Waals surface area contributed by atoms with Gasteiger partial charge in [0.25, 0.3) is 5.91 Å². The van der Waals surface area contributed by atoms with Crippen LogP contribution in [0.4, 0.5) is 0 Å². The van der Waals surface area contributed by atoms with Crippen LogP contribution in [0.1, 0.15) is 35.2 Å². The van der Waals surface area contributed by atoms with Crippen LogP contribution in [0.2, 0.25) is 0 Å². The Bertz CT molecular complexity index is 584. The van der Waals surface area contributed by atoms with Crippen molar-refractivity contribution in [1.29, 1.82) is 0 Å². The number of nitrogens with zero attached hydrogens (tertiary/aromatic N) is 5. The van der Waals surface area contributed by atoms with Gasteiger partial charge in [0.05, 0.1) is 13.2 Å². The molecule has 0 aliphatic carbocycles. The average Bonchev–Trinajstić information content (AvgIpc) is 3.17. The number of aromatic amines is 1. The van der Waals surface area contributed by atoms with Gasteiger partial charge in [0.15, 0.2) is 11.5 Å². The van der Waals surface area contributed by atoms with E-state index in [-0.39, 0.29) is 12.0 Å². The Hall–Kier alpha value is -1.87. The fourth-order valence-corrected chi connectivity index (χ4v) is 2.45. The van der Waals surface area contributed by atoms with E-state index in [1.165, 1.54) is 11.5 Å².